The normalized spacial score (nSPS) is 10.3. The zero-order valence-electron chi connectivity index (χ0n) is 15.4. The van der Waals surface area contributed by atoms with Gasteiger partial charge >= 0.3 is 0 Å². The number of amides is 1. The van der Waals surface area contributed by atoms with Crippen LogP contribution in [0.4, 0.5) is 0 Å². The van der Waals surface area contributed by atoms with Gasteiger partial charge in [0.25, 0.3) is 0 Å². The Hall–Kier alpha value is -2.34. The van der Waals surface area contributed by atoms with Crippen molar-refractivity contribution in [1.82, 2.24) is 5.32 Å². The van der Waals surface area contributed by atoms with E-state index in [0.717, 1.165) is 17.1 Å². The molecule has 2 rings (SSSR count). The van der Waals surface area contributed by atoms with E-state index in [1.165, 1.54) is 5.56 Å². The Morgan fingerprint density at radius 3 is 2.19 bits per heavy atom. The molecule has 0 atom stereocenters. The molecule has 0 unspecified atom stereocenters. The molecule has 0 aliphatic rings. The van der Waals surface area contributed by atoms with E-state index < -0.39 is 0 Å². The van der Waals surface area contributed by atoms with E-state index in [1.54, 1.807) is 45.2 Å². The minimum absolute atomic E-state index is 0.0282. The smallest absolute Gasteiger partial charge is 0.224 e. The van der Waals surface area contributed by atoms with Gasteiger partial charge in [-0.15, -0.1) is 0 Å². The Balaban J connectivity index is 1.80. The number of hydrogen-bond donors (Lipinski definition) is 1. The molecular formula is C20H25NO4S. The fraction of sp³-hybridized carbons (Fsp3) is 0.350. The van der Waals surface area contributed by atoms with Crippen molar-refractivity contribution in [2.45, 2.75) is 12.2 Å². The molecule has 0 spiro atoms. The quantitative estimate of drug-likeness (QED) is 0.646. The first kappa shape index (κ1) is 20.0. The Morgan fingerprint density at radius 1 is 0.962 bits per heavy atom. The lowest BCUT2D eigenvalue weighted by molar-refractivity contribution is -0.120. The highest BCUT2D eigenvalue weighted by Crippen LogP contribution is 2.38. The Kier molecular flexibility index (Phi) is 8.15. The molecule has 1 amide bonds. The first-order chi connectivity index (χ1) is 12.7. The number of nitrogens with one attached hydrogen (secondary N) is 1. The van der Waals surface area contributed by atoms with Gasteiger partial charge < -0.3 is 19.5 Å². The number of rotatable bonds is 10. The zero-order chi connectivity index (χ0) is 18.8. The lowest BCUT2D eigenvalue weighted by atomic mass is 10.1. The number of benzene rings is 2. The fourth-order valence-corrected chi connectivity index (χ4v) is 3.33. The van der Waals surface area contributed by atoms with Crippen LogP contribution in [-0.2, 0) is 17.0 Å². The van der Waals surface area contributed by atoms with Crippen LogP contribution in [-0.4, -0.2) is 39.5 Å². The standard InChI is InChI=1S/C20H25NO4S/c1-23-17-11-16(12-18(24-2)20(17)25-3)13-19(22)21-9-10-26-14-15-7-5-4-6-8-15/h4-8,11-12H,9-10,13-14H2,1-3H3,(H,21,22). The van der Waals surface area contributed by atoms with E-state index in [4.69, 9.17) is 14.2 Å². The van der Waals surface area contributed by atoms with Crippen LogP contribution in [0.2, 0.25) is 0 Å². The Bertz CT molecular complexity index is 681. The molecule has 1 N–H and O–H groups in total. The predicted molar refractivity (Wildman–Crippen MR) is 105 cm³/mol. The highest BCUT2D eigenvalue weighted by molar-refractivity contribution is 7.98. The molecule has 0 heterocycles. The van der Waals surface area contributed by atoms with Gasteiger partial charge in [-0.2, -0.15) is 11.8 Å². The summed E-state index contributed by atoms with van der Waals surface area (Å²) in [5, 5.41) is 2.95. The van der Waals surface area contributed by atoms with Crippen LogP contribution in [0, 0.1) is 0 Å². The minimum Gasteiger partial charge on any atom is -0.493 e. The molecule has 0 saturated heterocycles. The second kappa shape index (κ2) is 10.6. The molecule has 0 aliphatic heterocycles. The van der Waals surface area contributed by atoms with Crippen LogP contribution >= 0.6 is 11.8 Å². The fourth-order valence-electron chi connectivity index (χ4n) is 2.51. The Labute approximate surface area is 159 Å². The van der Waals surface area contributed by atoms with Crippen molar-refractivity contribution >= 4 is 17.7 Å². The second-order valence-corrected chi connectivity index (χ2v) is 6.70. The Morgan fingerprint density at radius 2 is 1.62 bits per heavy atom. The van der Waals surface area contributed by atoms with Crippen molar-refractivity contribution in [2.75, 3.05) is 33.6 Å². The third-order valence-corrected chi connectivity index (χ3v) is 4.80. The molecular weight excluding hydrogens is 350 g/mol. The van der Waals surface area contributed by atoms with Crippen molar-refractivity contribution in [3.8, 4) is 17.2 Å². The highest BCUT2D eigenvalue weighted by atomic mass is 32.2. The van der Waals surface area contributed by atoms with Gasteiger partial charge in [-0.3, -0.25) is 4.79 Å². The minimum atomic E-state index is -0.0282. The monoisotopic (exact) mass is 375 g/mol. The summed E-state index contributed by atoms with van der Waals surface area (Å²) >= 11 is 1.80. The second-order valence-electron chi connectivity index (χ2n) is 5.60. The van der Waals surface area contributed by atoms with Crippen LogP contribution in [0.3, 0.4) is 0 Å². The summed E-state index contributed by atoms with van der Waals surface area (Å²) < 4.78 is 15.9. The third-order valence-electron chi connectivity index (χ3n) is 3.77. The molecule has 0 fully saturated rings. The van der Waals surface area contributed by atoms with Crippen LogP contribution in [0.5, 0.6) is 17.2 Å². The van der Waals surface area contributed by atoms with Gasteiger partial charge in [0.1, 0.15) is 0 Å². The molecule has 2 aromatic carbocycles. The van der Waals surface area contributed by atoms with Gasteiger partial charge in [0, 0.05) is 18.1 Å². The average molecular weight is 375 g/mol. The van der Waals surface area contributed by atoms with Crippen molar-refractivity contribution in [3.05, 3.63) is 53.6 Å². The van der Waals surface area contributed by atoms with E-state index in [2.05, 4.69) is 17.4 Å². The zero-order valence-corrected chi connectivity index (χ0v) is 16.2. The molecule has 2 aromatic rings. The SMILES string of the molecule is COc1cc(CC(=O)NCCSCc2ccccc2)cc(OC)c1OC. The van der Waals surface area contributed by atoms with Gasteiger partial charge in [-0.05, 0) is 23.3 Å². The van der Waals surface area contributed by atoms with Crippen molar-refractivity contribution in [2.24, 2.45) is 0 Å². The number of ether oxygens (including phenoxy) is 3. The third kappa shape index (κ3) is 5.88. The maximum absolute atomic E-state index is 12.2. The molecule has 6 heteroatoms. The highest BCUT2D eigenvalue weighted by Gasteiger charge is 2.14. The number of hydrogen-bond acceptors (Lipinski definition) is 5. The van der Waals surface area contributed by atoms with Crippen molar-refractivity contribution < 1.29 is 19.0 Å². The molecule has 0 aromatic heterocycles. The average Bonchev–Trinajstić information content (AvgIpc) is 2.67. The summed E-state index contributed by atoms with van der Waals surface area (Å²) in [5.74, 6) is 3.41. The van der Waals surface area contributed by atoms with Gasteiger partial charge in [-0.1, -0.05) is 30.3 Å². The molecule has 0 bridgehead atoms. The first-order valence-electron chi connectivity index (χ1n) is 8.35. The van der Waals surface area contributed by atoms with Crippen molar-refractivity contribution in [1.29, 1.82) is 0 Å². The first-order valence-corrected chi connectivity index (χ1v) is 9.50. The molecule has 26 heavy (non-hydrogen) atoms. The predicted octanol–water partition coefficient (Wildman–Crippen LogP) is 3.30. The summed E-state index contributed by atoms with van der Waals surface area (Å²) in [6.45, 7) is 0.640. The lowest BCUT2D eigenvalue weighted by Crippen LogP contribution is -2.27. The van der Waals surface area contributed by atoms with Gasteiger partial charge in [0.2, 0.25) is 11.7 Å². The van der Waals surface area contributed by atoms with Gasteiger partial charge in [0.05, 0.1) is 27.8 Å². The summed E-state index contributed by atoms with van der Waals surface area (Å²) in [7, 11) is 4.68. The van der Waals surface area contributed by atoms with Crippen LogP contribution < -0.4 is 19.5 Å². The number of carbonyl (C=O) groups is 1. The lowest BCUT2D eigenvalue weighted by Gasteiger charge is -2.14. The molecule has 5 nitrogen and oxygen atoms in total. The molecule has 0 radical (unpaired) electrons. The topological polar surface area (TPSA) is 56.8 Å². The van der Waals surface area contributed by atoms with Crippen LogP contribution in [0.1, 0.15) is 11.1 Å². The van der Waals surface area contributed by atoms with Gasteiger partial charge in [0.15, 0.2) is 11.5 Å². The van der Waals surface area contributed by atoms with E-state index in [-0.39, 0.29) is 12.3 Å². The van der Waals surface area contributed by atoms with E-state index in [0.29, 0.717) is 23.8 Å². The molecule has 140 valence electrons. The summed E-state index contributed by atoms with van der Waals surface area (Å²) in [6.07, 6.45) is 0.264. The maximum atomic E-state index is 12.2. The number of thioether (sulfide) groups is 1. The van der Waals surface area contributed by atoms with E-state index in [9.17, 15) is 4.79 Å². The summed E-state index contributed by atoms with van der Waals surface area (Å²) in [4.78, 5) is 12.2. The summed E-state index contributed by atoms with van der Waals surface area (Å²) in [5.41, 5.74) is 2.11. The number of carbonyl (C=O) groups excluding carboxylic acids is 1. The maximum Gasteiger partial charge on any atom is 0.224 e. The largest absolute Gasteiger partial charge is 0.493 e. The van der Waals surface area contributed by atoms with E-state index >= 15 is 0 Å². The van der Waals surface area contributed by atoms with Crippen LogP contribution in [0.15, 0.2) is 42.5 Å². The van der Waals surface area contributed by atoms with Crippen LogP contribution in [0.25, 0.3) is 0 Å². The summed E-state index contributed by atoms with van der Waals surface area (Å²) in [6, 6.07) is 13.9. The van der Waals surface area contributed by atoms with Crippen molar-refractivity contribution in [3.63, 3.8) is 0 Å². The molecule has 0 aliphatic carbocycles. The number of methoxy groups -OCH3 is 3. The molecule has 0 saturated carbocycles. The van der Waals surface area contributed by atoms with Gasteiger partial charge in [-0.25, -0.2) is 0 Å². The van der Waals surface area contributed by atoms with E-state index in [1.807, 2.05) is 18.2 Å².